The molecule has 1 N–H and O–H groups in total. The van der Waals surface area contributed by atoms with Gasteiger partial charge in [0.1, 0.15) is 0 Å². The summed E-state index contributed by atoms with van der Waals surface area (Å²) in [6.07, 6.45) is 5.87. The van der Waals surface area contributed by atoms with E-state index >= 15 is 0 Å². The summed E-state index contributed by atoms with van der Waals surface area (Å²) in [6, 6.07) is 0. The van der Waals surface area contributed by atoms with Crippen molar-refractivity contribution < 1.29 is 0 Å². The molecule has 3 heteroatoms. The van der Waals surface area contributed by atoms with Crippen molar-refractivity contribution >= 4 is 12.2 Å². The quantitative estimate of drug-likeness (QED) is 0.712. The van der Waals surface area contributed by atoms with E-state index in [4.69, 9.17) is 12.2 Å². The van der Waals surface area contributed by atoms with Gasteiger partial charge in [0.15, 0.2) is 4.77 Å². The Labute approximate surface area is 77.6 Å². The minimum Gasteiger partial charge on any atom is -0.337 e. The topological polar surface area (TPSA) is 20.7 Å². The maximum atomic E-state index is 5.19. The minimum atomic E-state index is 0.888. The predicted octanol–water partition coefficient (Wildman–Crippen LogP) is 2.52. The molecule has 1 aliphatic rings. The summed E-state index contributed by atoms with van der Waals surface area (Å²) >= 11 is 5.19. The van der Waals surface area contributed by atoms with Gasteiger partial charge in [-0.1, -0.05) is 6.92 Å². The highest BCUT2D eigenvalue weighted by atomic mass is 32.1. The number of rotatable bonds is 3. The van der Waals surface area contributed by atoms with Crippen LogP contribution in [0.4, 0.5) is 0 Å². The molecule has 0 unspecified atom stereocenters. The van der Waals surface area contributed by atoms with Crippen LogP contribution in [-0.2, 0) is 13.0 Å². The fourth-order valence-corrected chi connectivity index (χ4v) is 1.73. The molecule has 2 nitrogen and oxygen atoms in total. The molecule has 1 aromatic heterocycles. The van der Waals surface area contributed by atoms with Crippen molar-refractivity contribution in [2.24, 2.45) is 5.92 Å². The average molecular weight is 182 g/mol. The van der Waals surface area contributed by atoms with E-state index in [-0.39, 0.29) is 0 Å². The number of hydrogen-bond acceptors (Lipinski definition) is 1. The third-order valence-electron chi connectivity index (χ3n) is 2.45. The summed E-state index contributed by atoms with van der Waals surface area (Å²) in [5.74, 6) is 0.901. The van der Waals surface area contributed by atoms with Crippen LogP contribution < -0.4 is 0 Å². The Morgan fingerprint density at radius 3 is 3.00 bits per heavy atom. The molecule has 1 saturated carbocycles. The first-order valence-electron chi connectivity index (χ1n) is 4.58. The average Bonchev–Trinajstić information content (AvgIpc) is 2.80. The molecule has 66 valence electrons. The van der Waals surface area contributed by atoms with E-state index in [1.807, 2.05) is 6.20 Å². The van der Waals surface area contributed by atoms with Crippen LogP contribution in [0.5, 0.6) is 0 Å². The van der Waals surface area contributed by atoms with Crippen LogP contribution in [0.3, 0.4) is 0 Å². The Balaban J connectivity index is 2.24. The molecule has 0 bridgehead atoms. The van der Waals surface area contributed by atoms with Crippen molar-refractivity contribution in [1.29, 1.82) is 0 Å². The van der Waals surface area contributed by atoms with Crippen molar-refractivity contribution in [1.82, 2.24) is 9.55 Å². The lowest BCUT2D eigenvalue weighted by molar-refractivity contribution is 0.598. The number of hydrogen-bond donors (Lipinski definition) is 1. The highest BCUT2D eigenvalue weighted by Crippen LogP contribution is 2.31. The summed E-state index contributed by atoms with van der Waals surface area (Å²) in [7, 11) is 0. The molecule has 0 aliphatic heterocycles. The molecular formula is C9H14N2S. The fourth-order valence-electron chi connectivity index (χ4n) is 1.48. The fraction of sp³-hybridized carbons (Fsp3) is 0.667. The lowest BCUT2D eigenvalue weighted by atomic mass is 10.3. The lowest BCUT2D eigenvalue weighted by Gasteiger charge is -2.04. The maximum Gasteiger partial charge on any atom is 0.177 e. The van der Waals surface area contributed by atoms with Gasteiger partial charge in [0.25, 0.3) is 0 Å². The molecule has 0 amide bonds. The third kappa shape index (κ3) is 1.46. The molecule has 0 radical (unpaired) electrons. The van der Waals surface area contributed by atoms with Gasteiger partial charge in [-0.15, -0.1) is 0 Å². The second kappa shape index (κ2) is 3.05. The smallest absolute Gasteiger partial charge is 0.177 e. The Bertz CT molecular complexity index is 320. The van der Waals surface area contributed by atoms with E-state index in [0.717, 1.165) is 23.7 Å². The van der Waals surface area contributed by atoms with Crippen molar-refractivity contribution in [3.63, 3.8) is 0 Å². The van der Waals surface area contributed by atoms with Crippen LogP contribution in [0.25, 0.3) is 0 Å². The van der Waals surface area contributed by atoms with Crippen LogP contribution >= 0.6 is 12.2 Å². The number of H-pyrrole nitrogens is 1. The highest BCUT2D eigenvalue weighted by Gasteiger charge is 2.22. The molecule has 1 aromatic rings. The van der Waals surface area contributed by atoms with Gasteiger partial charge >= 0.3 is 0 Å². The minimum absolute atomic E-state index is 0.888. The van der Waals surface area contributed by atoms with Crippen molar-refractivity contribution in [2.45, 2.75) is 32.7 Å². The van der Waals surface area contributed by atoms with Gasteiger partial charge < -0.3 is 9.55 Å². The zero-order valence-electron chi connectivity index (χ0n) is 7.34. The summed E-state index contributed by atoms with van der Waals surface area (Å²) < 4.78 is 3.13. The van der Waals surface area contributed by atoms with E-state index in [9.17, 15) is 0 Å². The first-order chi connectivity index (χ1) is 5.81. The number of imidazole rings is 1. The van der Waals surface area contributed by atoms with E-state index in [1.54, 1.807) is 0 Å². The van der Waals surface area contributed by atoms with E-state index in [0.29, 0.717) is 0 Å². The summed E-state index contributed by atoms with van der Waals surface area (Å²) in [4.78, 5) is 3.10. The van der Waals surface area contributed by atoms with Gasteiger partial charge in [-0.3, -0.25) is 0 Å². The van der Waals surface area contributed by atoms with Gasteiger partial charge in [-0.25, -0.2) is 0 Å². The second-order valence-corrected chi connectivity index (χ2v) is 3.88. The number of aryl methyl sites for hydroxylation is 1. The molecule has 12 heavy (non-hydrogen) atoms. The molecule has 2 rings (SSSR count). The Morgan fingerprint density at radius 1 is 1.67 bits per heavy atom. The first kappa shape index (κ1) is 8.05. The van der Waals surface area contributed by atoms with Crippen molar-refractivity contribution in [3.8, 4) is 0 Å². The standard InChI is InChI=1S/C9H14N2S/c1-2-8-5-10-9(12)11(8)6-7-3-4-7/h5,7H,2-4,6H2,1H3,(H,10,12). The highest BCUT2D eigenvalue weighted by molar-refractivity contribution is 7.71. The molecule has 0 atom stereocenters. The van der Waals surface area contributed by atoms with Gasteiger partial charge in [-0.05, 0) is 37.4 Å². The van der Waals surface area contributed by atoms with Gasteiger partial charge in [0.05, 0.1) is 0 Å². The van der Waals surface area contributed by atoms with E-state index < -0.39 is 0 Å². The number of nitrogens with zero attached hydrogens (tertiary/aromatic N) is 1. The Morgan fingerprint density at radius 2 is 2.42 bits per heavy atom. The maximum absolute atomic E-state index is 5.19. The van der Waals surface area contributed by atoms with Crippen LogP contribution in [-0.4, -0.2) is 9.55 Å². The lowest BCUT2D eigenvalue weighted by Crippen LogP contribution is -2.03. The number of nitrogens with one attached hydrogen (secondary N) is 1. The van der Waals surface area contributed by atoms with E-state index in [2.05, 4.69) is 16.5 Å². The van der Waals surface area contributed by atoms with Crippen molar-refractivity contribution in [2.75, 3.05) is 0 Å². The van der Waals surface area contributed by atoms with Crippen molar-refractivity contribution in [3.05, 3.63) is 16.7 Å². The zero-order valence-corrected chi connectivity index (χ0v) is 8.16. The van der Waals surface area contributed by atoms with Crippen LogP contribution in [0.15, 0.2) is 6.20 Å². The molecule has 1 fully saturated rings. The Hall–Kier alpha value is -0.570. The molecule has 0 spiro atoms. The van der Waals surface area contributed by atoms with E-state index in [1.165, 1.54) is 18.5 Å². The second-order valence-electron chi connectivity index (χ2n) is 3.49. The molecule has 0 aromatic carbocycles. The van der Waals surface area contributed by atoms with Crippen LogP contribution in [0.1, 0.15) is 25.5 Å². The van der Waals surface area contributed by atoms with Crippen LogP contribution in [0, 0.1) is 10.7 Å². The summed E-state index contributed by atoms with van der Waals surface area (Å²) in [5.41, 5.74) is 1.34. The van der Waals surface area contributed by atoms with Crippen LogP contribution in [0.2, 0.25) is 0 Å². The third-order valence-corrected chi connectivity index (χ3v) is 2.79. The molecule has 0 saturated heterocycles. The predicted molar refractivity (Wildman–Crippen MR) is 51.7 cm³/mol. The zero-order chi connectivity index (χ0) is 8.55. The number of aromatic amines is 1. The molecule has 1 aliphatic carbocycles. The monoisotopic (exact) mass is 182 g/mol. The van der Waals surface area contributed by atoms with Gasteiger partial charge in [-0.2, -0.15) is 0 Å². The first-order valence-corrected chi connectivity index (χ1v) is 4.99. The number of aromatic nitrogens is 2. The summed E-state index contributed by atoms with van der Waals surface area (Å²) in [6.45, 7) is 3.30. The van der Waals surface area contributed by atoms with Gasteiger partial charge in [0.2, 0.25) is 0 Å². The van der Waals surface area contributed by atoms with Gasteiger partial charge in [0, 0.05) is 18.4 Å². The normalized spacial score (nSPS) is 16.8. The summed E-state index contributed by atoms with van der Waals surface area (Å²) in [5, 5.41) is 0. The SMILES string of the molecule is CCc1c[nH]c(=S)n1CC1CC1. The Kier molecular flexibility index (Phi) is 2.05. The molecule has 1 heterocycles. The molecular weight excluding hydrogens is 168 g/mol. The largest absolute Gasteiger partial charge is 0.337 e.